The Balaban J connectivity index is 3.04. The van der Waals surface area contributed by atoms with Gasteiger partial charge >= 0.3 is 107 Å². The average Bonchev–Trinajstić information content (AvgIpc) is 2.33. The van der Waals surface area contributed by atoms with E-state index in [1.165, 1.54) is 25.7 Å². The third-order valence-corrected chi connectivity index (χ3v) is 15.9. The molecule has 0 unspecified atom stereocenters. The summed E-state index contributed by atoms with van der Waals surface area (Å²) in [6, 6.07) is 8.17. The molecule has 0 atom stereocenters. The van der Waals surface area contributed by atoms with Crippen LogP contribution in [0, 0.1) is 0 Å². The summed E-state index contributed by atoms with van der Waals surface area (Å²) in [5, 5.41) is 4.79. The van der Waals surface area contributed by atoms with Gasteiger partial charge in [0.2, 0.25) is 0 Å². The van der Waals surface area contributed by atoms with Crippen LogP contribution in [0.5, 0.6) is 0 Å². The molecule has 1 aromatic carbocycles. The second kappa shape index (κ2) is 5.93. The summed E-state index contributed by atoms with van der Waals surface area (Å²) in [5.74, 6) is 0. The molecule has 16 heavy (non-hydrogen) atoms. The average molecular weight is 297 g/mol. The van der Waals surface area contributed by atoms with Crippen LogP contribution < -0.4 is 0 Å². The molecule has 0 heterocycles. The summed E-state index contributed by atoms with van der Waals surface area (Å²) in [6.45, 7) is 11.4. The van der Waals surface area contributed by atoms with E-state index in [0.717, 1.165) is 5.02 Å². The van der Waals surface area contributed by atoms with Crippen molar-refractivity contribution in [2.45, 2.75) is 36.5 Å². The Hall–Kier alpha value is -0.207. The Morgan fingerprint density at radius 1 is 1.06 bits per heavy atom. The van der Waals surface area contributed by atoms with Crippen LogP contribution in [0.2, 0.25) is 20.8 Å². The second-order valence-electron chi connectivity index (χ2n) is 4.33. The van der Waals surface area contributed by atoms with E-state index >= 15 is 0 Å². The van der Waals surface area contributed by atoms with Crippen LogP contribution in [0.4, 0.5) is 0 Å². The summed E-state index contributed by atoms with van der Waals surface area (Å²) in [7, 11) is 0. The van der Waals surface area contributed by atoms with Crippen molar-refractivity contribution in [2.24, 2.45) is 0 Å². The summed E-state index contributed by atoms with van der Waals surface area (Å²) < 4.78 is 1.43. The Morgan fingerprint density at radius 3 is 1.88 bits per heavy atom. The molecule has 0 aliphatic heterocycles. The van der Waals surface area contributed by atoms with Gasteiger partial charge in [-0.3, -0.25) is 0 Å². The molecule has 0 saturated heterocycles. The maximum absolute atomic E-state index is 5.92. The molecule has 0 aliphatic rings. The van der Waals surface area contributed by atoms with Crippen molar-refractivity contribution in [1.82, 2.24) is 0 Å². The van der Waals surface area contributed by atoms with Gasteiger partial charge in [-0.2, -0.15) is 0 Å². The molecular weight excluding hydrogens is 276 g/mol. The van der Waals surface area contributed by atoms with Crippen molar-refractivity contribution < 1.29 is 0 Å². The third kappa shape index (κ3) is 2.72. The Morgan fingerprint density at radius 2 is 1.50 bits per heavy atom. The van der Waals surface area contributed by atoms with E-state index in [2.05, 4.69) is 39.5 Å². The molecule has 0 saturated carbocycles. The van der Waals surface area contributed by atoms with Gasteiger partial charge in [-0.05, 0) is 0 Å². The molecule has 0 aliphatic carbocycles. The SMILES string of the molecule is C=[C](c1ccc(Cl)cc1)[Ge]([CH2]C)([CH2]C)[CH2]C. The van der Waals surface area contributed by atoms with Gasteiger partial charge < -0.3 is 0 Å². The molecule has 0 radical (unpaired) electrons. The van der Waals surface area contributed by atoms with E-state index in [1.807, 2.05) is 12.1 Å². The molecule has 2 heteroatoms. The molecular formula is C14H21ClGe. The minimum absolute atomic E-state index is 0.805. The van der Waals surface area contributed by atoms with Gasteiger partial charge in [0.1, 0.15) is 0 Å². The zero-order chi connectivity index (χ0) is 12.2. The van der Waals surface area contributed by atoms with Crippen molar-refractivity contribution in [3.05, 3.63) is 41.4 Å². The summed E-state index contributed by atoms with van der Waals surface area (Å²) in [5.41, 5.74) is 1.30. The van der Waals surface area contributed by atoms with Crippen molar-refractivity contribution in [1.29, 1.82) is 0 Å². The van der Waals surface area contributed by atoms with Crippen molar-refractivity contribution in [3.8, 4) is 0 Å². The Kier molecular flexibility index (Phi) is 5.13. The monoisotopic (exact) mass is 298 g/mol. The topological polar surface area (TPSA) is 0 Å². The first kappa shape index (κ1) is 13.9. The second-order valence-corrected chi connectivity index (χ2v) is 15.9. The normalized spacial score (nSPS) is 11.5. The maximum atomic E-state index is 5.92. The van der Waals surface area contributed by atoms with Gasteiger partial charge in [-0.1, -0.05) is 0 Å². The van der Waals surface area contributed by atoms with Crippen molar-refractivity contribution in [2.75, 3.05) is 0 Å². The molecule has 0 aromatic heterocycles. The third-order valence-electron chi connectivity index (χ3n) is 3.86. The zero-order valence-electron chi connectivity index (χ0n) is 10.5. The number of halogens is 1. The molecule has 0 nitrogen and oxygen atoms in total. The number of hydrogen-bond acceptors (Lipinski definition) is 0. The van der Waals surface area contributed by atoms with Crippen LogP contribution in [0.3, 0.4) is 0 Å². The first-order valence-electron chi connectivity index (χ1n) is 6.05. The Labute approximate surface area is 107 Å². The van der Waals surface area contributed by atoms with E-state index < -0.39 is 13.3 Å². The predicted molar refractivity (Wildman–Crippen MR) is 77.7 cm³/mol. The fraction of sp³-hybridized carbons (Fsp3) is 0.429. The summed E-state index contributed by atoms with van der Waals surface area (Å²) in [6.07, 6.45) is 0. The molecule has 0 fully saturated rings. The number of rotatable bonds is 5. The quantitative estimate of drug-likeness (QED) is 0.638. The van der Waals surface area contributed by atoms with Gasteiger partial charge in [0.25, 0.3) is 0 Å². The van der Waals surface area contributed by atoms with E-state index in [1.54, 1.807) is 0 Å². The van der Waals surface area contributed by atoms with Crippen LogP contribution in [0.1, 0.15) is 26.3 Å². The first-order valence-corrected chi connectivity index (χ1v) is 11.9. The fourth-order valence-corrected chi connectivity index (χ4v) is 9.94. The Bertz CT molecular complexity index is 341. The molecule has 1 aromatic rings. The van der Waals surface area contributed by atoms with Crippen LogP contribution in [0.25, 0.3) is 4.41 Å². The van der Waals surface area contributed by atoms with Gasteiger partial charge in [-0.25, -0.2) is 0 Å². The molecule has 88 valence electrons. The van der Waals surface area contributed by atoms with Gasteiger partial charge in [0.05, 0.1) is 0 Å². The molecule has 0 spiro atoms. The number of hydrogen-bond donors (Lipinski definition) is 0. The van der Waals surface area contributed by atoms with Crippen LogP contribution in [-0.2, 0) is 0 Å². The summed E-state index contributed by atoms with van der Waals surface area (Å²) >= 11 is 4.06. The molecule has 0 bridgehead atoms. The van der Waals surface area contributed by atoms with E-state index in [0.29, 0.717) is 0 Å². The van der Waals surface area contributed by atoms with Crippen molar-refractivity contribution >= 4 is 29.3 Å². The van der Waals surface area contributed by atoms with Crippen molar-refractivity contribution in [3.63, 3.8) is 0 Å². The molecule has 0 N–H and O–H groups in total. The predicted octanol–water partition coefficient (Wildman–Crippen LogP) is 5.40. The van der Waals surface area contributed by atoms with E-state index in [9.17, 15) is 0 Å². The number of benzene rings is 1. The van der Waals surface area contributed by atoms with E-state index in [4.69, 9.17) is 11.6 Å². The van der Waals surface area contributed by atoms with Gasteiger partial charge in [0.15, 0.2) is 0 Å². The van der Waals surface area contributed by atoms with Gasteiger partial charge in [-0.15, -0.1) is 0 Å². The zero-order valence-corrected chi connectivity index (χ0v) is 13.4. The molecule has 0 amide bonds. The fourth-order valence-electron chi connectivity index (χ4n) is 2.35. The van der Waals surface area contributed by atoms with Gasteiger partial charge in [0, 0.05) is 0 Å². The summed E-state index contributed by atoms with van der Waals surface area (Å²) in [4.78, 5) is 0. The van der Waals surface area contributed by atoms with E-state index in [-0.39, 0.29) is 0 Å². The van der Waals surface area contributed by atoms with Crippen LogP contribution in [-0.4, -0.2) is 13.3 Å². The first-order chi connectivity index (χ1) is 7.59. The standard InChI is InChI=1S/C14H21ClGe/c1-5-16(6-2,7-3)12(4)13-8-10-14(15)11-9-13/h8-11H,4-7H2,1-3H3. The van der Waals surface area contributed by atoms with Crippen LogP contribution in [0.15, 0.2) is 30.8 Å². The van der Waals surface area contributed by atoms with Crippen LogP contribution >= 0.6 is 11.6 Å². The molecule has 1 rings (SSSR count). The minimum atomic E-state index is -1.86.